The van der Waals surface area contributed by atoms with Crippen LogP contribution in [0.3, 0.4) is 0 Å². The topological polar surface area (TPSA) is 67.4 Å². The minimum Gasteiger partial charge on any atom is -0.483 e. The molecule has 2 N–H and O–H groups in total. The van der Waals surface area contributed by atoms with Gasteiger partial charge < -0.3 is 4.74 Å². The third-order valence-electron chi connectivity index (χ3n) is 3.09. The van der Waals surface area contributed by atoms with Crippen molar-refractivity contribution in [1.82, 2.24) is 10.9 Å². The SMILES string of the molecule is CCCCCCC(=O)NNC(=O)COc1ccc(Cl)cc1C. The van der Waals surface area contributed by atoms with Crippen molar-refractivity contribution in [3.05, 3.63) is 28.8 Å². The Balaban J connectivity index is 2.22. The van der Waals surface area contributed by atoms with E-state index in [0.717, 1.165) is 31.2 Å². The Hall–Kier alpha value is -1.75. The third-order valence-corrected chi connectivity index (χ3v) is 3.33. The van der Waals surface area contributed by atoms with E-state index < -0.39 is 5.91 Å². The van der Waals surface area contributed by atoms with Gasteiger partial charge in [-0.1, -0.05) is 37.8 Å². The van der Waals surface area contributed by atoms with Crippen LogP contribution < -0.4 is 15.6 Å². The Bertz CT molecular complexity index is 506. The quantitative estimate of drug-likeness (QED) is 0.569. The molecule has 0 aliphatic carbocycles. The van der Waals surface area contributed by atoms with Crippen LogP contribution in [0.5, 0.6) is 5.75 Å². The van der Waals surface area contributed by atoms with E-state index in [1.54, 1.807) is 18.2 Å². The van der Waals surface area contributed by atoms with Gasteiger partial charge in [0.25, 0.3) is 5.91 Å². The Morgan fingerprint density at radius 1 is 1.14 bits per heavy atom. The van der Waals surface area contributed by atoms with Crippen molar-refractivity contribution >= 4 is 23.4 Å². The minimum atomic E-state index is -0.406. The largest absolute Gasteiger partial charge is 0.483 e. The van der Waals surface area contributed by atoms with Crippen LogP contribution in [0.1, 0.15) is 44.6 Å². The number of hydrogen-bond donors (Lipinski definition) is 2. The highest BCUT2D eigenvalue weighted by atomic mass is 35.5. The molecule has 0 aliphatic heterocycles. The van der Waals surface area contributed by atoms with Crippen molar-refractivity contribution in [3.63, 3.8) is 0 Å². The highest BCUT2D eigenvalue weighted by Crippen LogP contribution is 2.21. The summed E-state index contributed by atoms with van der Waals surface area (Å²) in [6.45, 7) is 3.79. The van der Waals surface area contributed by atoms with Gasteiger partial charge in [-0.05, 0) is 37.1 Å². The summed E-state index contributed by atoms with van der Waals surface area (Å²) in [5.74, 6) is -0.00572. The Labute approximate surface area is 136 Å². The second kappa shape index (κ2) is 10.1. The van der Waals surface area contributed by atoms with Crippen LogP contribution in [0.4, 0.5) is 0 Å². The van der Waals surface area contributed by atoms with Crippen LogP contribution in [-0.2, 0) is 9.59 Å². The molecule has 0 bridgehead atoms. The maximum absolute atomic E-state index is 11.6. The van der Waals surface area contributed by atoms with Gasteiger partial charge in [0.15, 0.2) is 6.61 Å². The summed E-state index contributed by atoms with van der Waals surface area (Å²) in [4.78, 5) is 23.1. The normalized spacial score (nSPS) is 10.1. The van der Waals surface area contributed by atoms with E-state index in [0.29, 0.717) is 17.2 Å². The lowest BCUT2D eigenvalue weighted by atomic mass is 10.1. The van der Waals surface area contributed by atoms with Crippen molar-refractivity contribution in [1.29, 1.82) is 0 Å². The molecule has 1 aromatic carbocycles. The summed E-state index contributed by atoms with van der Waals surface area (Å²) < 4.78 is 5.38. The first-order valence-corrected chi connectivity index (χ1v) is 7.87. The number of carbonyl (C=O) groups is 2. The van der Waals surface area contributed by atoms with Gasteiger partial charge >= 0.3 is 0 Å². The molecular formula is C16H23ClN2O3. The van der Waals surface area contributed by atoms with E-state index in [9.17, 15) is 9.59 Å². The zero-order valence-corrected chi connectivity index (χ0v) is 13.8. The number of hydrogen-bond acceptors (Lipinski definition) is 3. The minimum absolute atomic E-state index is 0.168. The van der Waals surface area contributed by atoms with Crippen LogP contribution in [0.15, 0.2) is 18.2 Å². The van der Waals surface area contributed by atoms with Crippen molar-refractivity contribution in [3.8, 4) is 5.75 Å². The molecule has 0 saturated carbocycles. The molecule has 0 radical (unpaired) electrons. The van der Waals surface area contributed by atoms with Crippen molar-refractivity contribution in [2.24, 2.45) is 0 Å². The second-order valence-electron chi connectivity index (χ2n) is 5.11. The Morgan fingerprint density at radius 3 is 2.55 bits per heavy atom. The molecule has 0 saturated heterocycles. The van der Waals surface area contributed by atoms with Gasteiger partial charge in [-0.25, -0.2) is 0 Å². The van der Waals surface area contributed by atoms with E-state index in [2.05, 4.69) is 17.8 Å². The summed E-state index contributed by atoms with van der Waals surface area (Å²) in [6, 6.07) is 5.16. The molecule has 0 fully saturated rings. The Morgan fingerprint density at radius 2 is 1.86 bits per heavy atom. The molecule has 6 heteroatoms. The van der Waals surface area contributed by atoms with Gasteiger partial charge in [0.1, 0.15) is 5.75 Å². The average Bonchev–Trinajstić information content (AvgIpc) is 2.48. The fourth-order valence-corrected chi connectivity index (χ4v) is 2.10. The second-order valence-corrected chi connectivity index (χ2v) is 5.54. The molecule has 22 heavy (non-hydrogen) atoms. The molecule has 0 atom stereocenters. The number of aryl methyl sites for hydroxylation is 1. The summed E-state index contributed by atoms with van der Waals surface area (Å²) >= 11 is 5.84. The molecule has 0 aromatic heterocycles. The lowest BCUT2D eigenvalue weighted by molar-refractivity contribution is -0.130. The number of nitrogens with one attached hydrogen (secondary N) is 2. The highest BCUT2D eigenvalue weighted by molar-refractivity contribution is 6.30. The predicted molar refractivity (Wildman–Crippen MR) is 86.7 cm³/mol. The zero-order valence-electron chi connectivity index (χ0n) is 13.1. The maximum atomic E-state index is 11.6. The Kier molecular flexibility index (Phi) is 8.36. The molecule has 122 valence electrons. The summed E-state index contributed by atoms with van der Waals surface area (Å²) in [6.07, 6.45) is 4.51. The summed E-state index contributed by atoms with van der Waals surface area (Å²) in [7, 11) is 0. The number of carbonyl (C=O) groups excluding carboxylic acids is 2. The van der Waals surface area contributed by atoms with Crippen LogP contribution in [-0.4, -0.2) is 18.4 Å². The molecule has 0 spiro atoms. The van der Waals surface area contributed by atoms with E-state index in [-0.39, 0.29) is 12.5 Å². The standard InChI is InChI=1S/C16H23ClN2O3/c1-3-4-5-6-7-15(20)18-19-16(21)11-22-14-9-8-13(17)10-12(14)2/h8-10H,3-7,11H2,1-2H3,(H,18,20)(H,19,21). The molecule has 1 rings (SSSR count). The van der Waals surface area contributed by atoms with Gasteiger partial charge in [-0.2, -0.15) is 0 Å². The molecule has 1 aromatic rings. The molecular weight excluding hydrogens is 304 g/mol. The molecule has 0 unspecified atom stereocenters. The maximum Gasteiger partial charge on any atom is 0.276 e. The monoisotopic (exact) mass is 326 g/mol. The number of unbranched alkanes of at least 4 members (excludes halogenated alkanes) is 3. The van der Waals surface area contributed by atoms with Gasteiger partial charge in [-0.3, -0.25) is 20.4 Å². The zero-order chi connectivity index (χ0) is 16.4. The number of amides is 2. The average molecular weight is 327 g/mol. The van der Waals surface area contributed by atoms with Crippen molar-refractivity contribution in [2.75, 3.05) is 6.61 Å². The smallest absolute Gasteiger partial charge is 0.276 e. The number of hydrazine groups is 1. The molecule has 0 heterocycles. The lowest BCUT2D eigenvalue weighted by Gasteiger charge is -2.10. The third kappa shape index (κ3) is 7.31. The highest BCUT2D eigenvalue weighted by Gasteiger charge is 2.07. The van der Waals surface area contributed by atoms with Crippen LogP contribution >= 0.6 is 11.6 Å². The van der Waals surface area contributed by atoms with E-state index >= 15 is 0 Å². The number of ether oxygens (including phenoxy) is 1. The molecule has 2 amide bonds. The number of benzene rings is 1. The number of halogens is 1. The molecule has 5 nitrogen and oxygen atoms in total. The van der Waals surface area contributed by atoms with Crippen molar-refractivity contribution in [2.45, 2.75) is 46.0 Å². The van der Waals surface area contributed by atoms with Gasteiger partial charge in [-0.15, -0.1) is 0 Å². The first-order valence-electron chi connectivity index (χ1n) is 7.49. The van der Waals surface area contributed by atoms with Gasteiger partial charge in [0.2, 0.25) is 5.91 Å². The van der Waals surface area contributed by atoms with Crippen LogP contribution in [0, 0.1) is 6.92 Å². The van der Waals surface area contributed by atoms with Crippen LogP contribution in [0.2, 0.25) is 5.02 Å². The molecule has 0 aliphatic rings. The lowest BCUT2D eigenvalue weighted by Crippen LogP contribution is -2.43. The van der Waals surface area contributed by atoms with Crippen LogP contribution in [0.25, 0.3) is 0 Å². The van der Waals surface area contributed by atoms with E-state index in [1.807, 2.05) is 6.92 Å². The summed E-state index contributed by atoms with van der Waals surface area (Å²) in [5.41, 5.74) is 5.56. The van der Waals surface area contributed by atoms with Gasteiger partial charge in [0.05, 0.1) is 0 Å². The number of rotatable bonds is 8. The fraction of sp³-hybridized carbons (Fsp3) is 0.500. The van der Waals surface area contributed by atoms with Gasteiger partial charge in [0, 0.05) is 11.4 Å². The predicted octanol–water partition coefficient (Wildman–Crippen LogP) is 3.15. The van der Waals surface area contributed by atoms with E-state index in [1.165, 1.54) is 0 Å². The fourth-order valence-electron chi connectivity index (χ4n) is 1.87. The first kappa shape index (κ1) is 18.3. The first-order chi connectivity index (χ1) is 10.5. The van der Waals surface area contributed by atoms with E-state index in [4.69, 9.17) is 16.3 Å². The summed E-state index contributed by atoms with van der Waals surface area (Å²) in [5, 5.41) is 0.615. The van der Waals surface area contributed by atoms with Crippen molar-refractivity contribution < 1.29 is 14.3 Å².